The van der Waals surface area contributed by atoms with Crippen LogP contribution in [0, 0.1) is 0 Å². The largest absolute Gasteiger partial charge is 0.485 e. The third kappa shape index (κ3) is 5.55. The Morgan fingerprint density at radius 3 is 2.43 bits per heavy atom. The molecular weight excluding hydrogens is 384 g/mol. The van der Waals surface area contributed by atoms with Crippen LogP contribution in [-0.4, -0.2) is 22.0 Å². The molecule has 144 valence electrons. The summed E-state index contributed by atoms with van der Waals surface area (Å²) in [7, 11) is 0. The Hall–Kier alpha value is -3.39. The van der Waals surface area contributed by atoms with Gasteiger partial charge in [-0.1, -0.05) is 41.0 Å². The minimum atomic E-state index is -0.482. The topological polar surface area (TPSA) is 120 Å². The maximum Gasteiger partial charge on any atom is 0.316 e. The molecule has 0 radical (unpaired) electrons. The third-order valence-corrected chi connectivity index (χ3v) is 3.95. The molecule has 0 aliphatic heterocycles. The van der Waals surface area contributed by atoms with Gasteiger partial charge >= 0.3 is 11.8 Å². The Morgan fingerprint density at radius 2 is 1.75 bits per heavy atom. The highest BCUT2D eigenvalue weighted by Crippen LogP contribution is 2.14. The molecule has 0 saturated carbocycles. The van der Waals surface area contributed by atoms with Crippen LogP contribution in [-0.2, 0) is 24.4 Å². The molecule has 0 spiro atoms. The van der Waals surface area contributed by atoms with Crippen LogP contribution >= 0.6 is 11.6 Å². The number of carbonyl (C=O) groups is 2. The van der Waals surface area contributed by atoms with Crippen LogP contribution in [0.1, 0.15) is 27.6 Å². The number of primary amides is 1. The number of rotatable bonds is 8. The molecule has 3 rings (SSSR count). The van der Waals surface area contributed by atoms with Crippen molar-refractivity contribution in [3.8, 4) is 5.75 Å². The number of benzene rings is 2. The molecule has 1 heterocycles. The van der Waals surface area contributed by atoms with E-state index in [4.69, 9.17) is 26.6 Å². The molecular formula is C19H17ClN4O4. The van der Waals surface area contributed by atoms with Crippen LogP contribution in [0.3, 0.4) is 0 Å². The number of carbonyl (C=O) groups excluding carboxylic acids is 2. The van der Waals surface area contributed by atoms with E-state index in [2.05, 4.69) is 15.5 Å². The molecule has 2 amide bonds. The van der Waals surface area contributed by atoms with Gasteiger partial charge in [0.05, 0.1) is 6.42 Å². The molecule has 2 aromatic carbocycles. The van der Waals surface area contributed by atoms with Crippen LogP contribution in [0.4, 0.5) is 0 Å². The van der Waals surface area contributed by atoms with E-state index in [0.29, 0.717) is 17.3 Å². The molecule has 0 fully saturated rings. The van der Waals surface area contributed by atoms with Gasteiger partial charge in [0.2, 0.25) is 11.7 Å². The number of amides is 2. The predicted octanol–water partition coefficient (Wildman–Crippen LogP) is 2.26. The molecule has 3 aromatic rings. The van der Waals surface area contributed by atoms with Crippen molar-refractivity contribution in [3.63, 3.8) is 0 Å². The molecule has 28 heavy (non-hydrogen) atoms. The van der Waals surface area contributed by atoms with Crippen LogP contribution in [0.25, 0.3) is 0 Å². The summed E-state index contributed by atoms with van der Waals surface area (Å²) in [6.07, 6.45) is 0.166. The van der Waals surface area contributed by atoms with Crippen LogP contribution in [0.2, 0.25) is 5.02 Å². The Labute approximate surface area is 165 Å². The van der Waals surface area contributed by atoms with Crippen LogP contribution in [0.15, 0.2) is 53.1 Å². The van der Waals surface area contributed by atoms with E-state index < -0.39 is 11.8 Å². The number of nitrogens with one attached hydrogen (secondary N) is 1. The lowest BCUT2D eigenvalue weighted by Gasteiger charge is -2.04. The average Bonchev–Trinajstić information content (AvgIpc) is 3.15. The SMILES string of the molecule is NC(=O)Cc1ccc(OCc2noc(C(=O)NCc3ccc(Cl)cc3)n2)cc1. The standard InChI is InChI=1S/C19H17ClN4O4/c20-14-5-1-13(2-6-14)10-22-18(26)19-23-17(24-28-19)11-27-15-7-3-12(4-8-15)9-16(21)25/h1-8H,9-11H2,(H2,21,25)(H,22,26). The van der Waals surface area contributed by atoms with E-state index in [1.807, 2.05) is 12.1 Å². The van der Waals surface area contributed by atoms with Crippen molar-refractivity contribution in [1.82, 2.24) is 15.5 Å². The fourth-order valence-corrected chi connectivity index (χ4v) is 2.44. The molecule has 3 N–H and O–H groups in total. The van der Waals surface area contributed by atoms with E-state index in [1.54, 1.807) is 36.4 Å². The maximum absolute atomic E-state index is 12.1. The highest BCUT2D eigenvalue weighted by Gasteiger charge is 2.15. The summed E-state index contributed by atoms with van der Waals surface area (Å²) in [5.74, 6) is -0.235. The molecule has 1 aromatic heterocycles. The molecule has 9 heteroatoms. The minimum absolute atomic E-state index is 0.0309. The van der Waals surface area contributed by atoms with Crippen molar-refractivity contribution in [2.75, 3.05) is 0 Å². The maximum atomic E-state index is 12.1. The Balaban J connectivity index is 1.49. The first-order valence-electron chi connectivity index (χ1n) is 8.35. The number of hydrogen-bond acceptors (Lipinski definition) is 6. The normalized spacial score (nSPS) is 10.5. The van der Waals surface area contributed by atoms with Crippen molar-refractivity contribution in [2.24, 2.45) is 5.73 Å². The van der Waals surface area contributed by atoms with E-state index in [-0.39, 0.29) is 24.7 Å². The van der Waals surface area contributed by atoms with Crippen LogP contribution in [0.5, 0.6) is 5.75 Å². The fraction of sp³-hybridized carbons (Fsp3) is 0.158. The van der Waals surface area contributed by atoms with Crippen LogP contribution < -0.4 is 15.8 Å². The fourth-order valence-electron chi connectivity index (χ4n) is 2.32. The number of halogens is 1. The second-order valence-electron chi connectivity index (χ2n) is 5.90. The van der Waals surface area contributed by atoms with Gasteiger partial charge in [-0.05, 0) is 35.4 Å². The van der Waals surface area contributed by atoms with Gasteiger partial charge in [0.25, 0.3) is 0 Å². The zero-order valence-electron chi connectivity index (χ0n) is 14.7. The zero-order chi connectivity index (χ0) is 19.9. The van der Waals surface area contributed by atoms with Gasteiger partial charge in [-0.25, -0.2) is 0 Å². The summed E-state index contributed by atoms with van der Waals surface area (Å²) in [6.45, 7) is 0.338. The van der Waals surface area contributed by atoms with Gasteiger partial charge in [-0.2, -0.15) is 4.98 Å². The number of ether oxygens (including phenoxy) is 1. The van der Waals surface area contributed by atoms with Gasteiger partial charge in [0, 0.05) is 11.6 Å². The number of nitrogens with two attached hydrogens (primary N) is 1. The first kappa shape index (κ1) is 19.4. The van der Waals surface area contributed by atoms with Crippen molar-refractivity contribution < 1.29 is 18.8 Å². The van der Waals surface area contributed by atoms with E-state index >= 15 is 0 Å². The first-order chi connectivity index (χ1) is 13.5. The molecule has 8 nitrogen and oxygen atoms in total. The minimum Gasteiger partial charge on any atom is -0.485 e. The highest BCUT2D eigenvalue weighted by molar-refractivity contribution is 6.30. The van der Waals surface area contributed by atoms with E-state index in [1.165, 1.54) is 0 Å². The molecule has 0 aliphatic carbocycles. The lowest BCUT2D eigenvalue weighted by atomic mass is 10.1. The quantitative estimate of drug-likeness (QED) is 0.598. The van der Waals surface area contributed by atoms with E-state index in [0.717, 1.165) is 11.1 Å². The highest BCUT2D eigenvalue weighted by atomic mass is 35.5. The van der Waals surface area contributed by atoms with Crippen molar-refractivity contribution >= 4 is 23.4 Å². The van der Waals surface area contributed by atoms with Crippen molar-refractivity contribution in [2.45, 2.75) is 19.6 Å². The molecule has 0 atom stereocenters. The predicted molar refractivity (Wildman–Crippen MR) is 101 cm³/mol. The smallest absolute Gasteiger partial charge is 0.316 e. The molecule has 0 aliphatic rings. The summed E-state index contributed by atoms with van der Waals surface area (Å²) < 4.78 is 10.5. The monoisotopic (exact) mass is 400 g/mol. The zero-order valence-corrected chi connectivity index (χ0v) is 15.5. The van der Waals surface area contributed by atoms with Gasteiger partial charge in [0.1, 0.15) is 5.75 Å². The summed E-state index contributed by atoms with van der Waals surface area (Å²) in [4.78, 5) is 27.0. The molecule has 0 bridgehead atoms. The second kappa shape index (κ2) is 9.01. The lowest BCUT2D eigenvalue weighted by molar-refractivity contribution is -0.117. The average molecular weight is 401 g/mol. The summed E-state index contributed by atoms with van der Waals surface area (Å²) >= 11 is 5.82. The second-order valence-corrected chi connectivity index (χ2v) is 6.34. The van der Waals surface area contributed by atoms with Gasteiger partial charge in [-0.3, -0.25) is 9.59 Å². The number of hydrogen-bond donors (Lipinski definition) is 2. The molecule has 0 saturated heterocycles. The summed E-state index contributed by atoms with van der Waals surface area (Å²) in [6, 6.07) is 14.0. The number of nitrogens with zero attached hydrogens (tertiary/aromatic N) is 2. The Bertz CT molecular complexity index is 955. The summed E-state index contributed by atoms with van der Waals surface area (Å²) in [5.41, 5.74) is 6.83. The Morgan fingerprint density at radius 1 is 1.07 bits per heavy atom. The Kier molecular flexibility index (Phi) is 6.23. The summed E-state index contributed by atoms with van der Waals surface area (Å²) in [5, 5.41) is 7.04. The molecule has 0 unspecified atom stereocenters. The van der Waals surface area contributed by atoms with Gasteiger partial charge in [0.15, 0.2) is 6.61 Å². The van der Waals surface area contributed by atoms with Crippen molar-refractivity contribution in [3.05, 3.63) is 76.4 Å². The number of aromatic nitrogens is 2. The first-order valence-corrected chi connectivity index (χ1v) is 8.72. The van der Waals surface area contributed by atoms with Gasteiger partial charge in [-0.15, -0.1) is 0 Å². The lowest BCUT2D eigenvalue weighted by Crippen LogP contribution is -2.23. The van der Waals surface area contributed by atoms with Crippen molar-refractivity contribution in [1.29, 1.82) is 0 Å². The third-order valence-electron chi connectivity index (χ3n) is 3.70. The van der Waals surface area contributed by atoms with Gasteiger partial charge < -0.3 is 20.3 Å². The van der Waals surface area contributed by atoms with E-state index in [9.17, 15) is 9.59 Å².